The molecule has 0 aromatic heterocycles. The van der Waals surface area contributed by atoms with Gasteiger partial charge in [0.2, 0.25) is 10.0 Å². The van der Waals surface area contributed by atoms with E-state index >= 15 is 0 Å². The molecule has 0 aliphatic heterocycles. The van der Waals surface area contributed by atoms with Crippen molar-refractivity contribution in [2.45, 2.75) is 0 Å². The maximum atomic E-state index is 12.6. The Bertz CT molecular complexity index is 1140. The van der Waals surface area contributed by atoms with Crippen molar-refractivity contribution in [2.24, 2.45) is 0 Å². The number of ether oxygens (including phenoxy) is 1. The zero-order valence-corrected chi connectivity index (χ0v) is 17.0. The Morgan fingerprint density at radius 1 is 0.833 bits per heavy atom. The third-order valence-electron chi connectivity index (χ3n) is 4.03. The normalized spacial score (nSPS) is 10.8. The number of para-hydroxylation sites is 2. The highest BCUT2D eigenvalue weighted by molar-refractivity contribution is 7.92. The molecule has 0 bridgehead atoms. The van der Waals surface area contributed by atoms with E-state index in [4.69, 9.17) is 4.74 Å². The van der Waals surface area contributed by atoms with Crippen LogP contribution in [0, 0.1) is 0 Å². The molecule has 2 N–H and O–H groups in total. The molecule has 0 aliphatic rings. The van der Waals surface area contributed by atoms with Gasteiger partial charge in [-0.2, -0.15) is 0 Å². The number of benzene rings is 3. The lowest BCUT2D eigenvalue weighted by Gasteiger charge is -2.11. The smallest absolute Gasteiger partial charge is 0.259 e. The summed E-state index contributed by atoms with van der Waals surface area (Å²) in [7, 11) is -3.39. The van der Waals surface area contributed by atoms with Gasteiger partial charge in [-0.05, 0) is 48.5 Å². The highest BCUT2D eigenvalue weighted by Gasteiger charge is 2.14. The van der Waals surface area contributed by atoms with E-state index < -0.39 is 10.0 Å². The van der Waals surface area contributed by atoms with E-state index in [-0.39, 0.29) is 24.0 Å². The first kappa shape index (κ1) is 21.1. The molecule has 3 rings (SSSR count). The van der Waals surface area contributed by atoms with Crippen molar-refractivity contribution in [3.05, 3.63) is 90.0 Å². The van der Waals surface area contributed by atoms with E-state index in [0.29, 0.717) is 22.5 Å². The minimum atomic E-state index is -3.39. The Balaban J connectivity index is 1.66. The van der Waals surface area contributed by atoms with Crippen LogP contribution in [-0.2, 0) is 10.0 Å². The molecule has 0 unspecified atom stereocenters. The zero-order valence-electron chi connectivity index (χ0n) is 16.2. The molecular formula is C22H20N2O5S. The average Bonchev–Trinajstić information content (AvgIpc) is 2.72. The van der Waals surface area contributed by atoms with Gasteiger partial charge in [0.15, 0.2) is 12.4 Å². The Morgan fingerprint density at radius 2 is 1.47 bits per heavy atom. The monoisotopic (exact) mass is 424 g/mol. The second-order valence-electron chi connectivity index (χ2n) is 6.48. The van der Waals surface area contributed by atoms with E-state index in [9.17, 15) is 18.0 Å². The Kier molecular flexibility index (Phi) is 6.48. The topological polar surface area (TPSA) is 102 Å². The van der Waals surface area contributed by atoms with Gasteiger partial charge in [-0.15, -0.1) is 0 Å². The molecular weight excluding hydrogens is 404 g/mol. The van der Waals surface area contributed by atoms with Gasteiger partial charge in [0.25, 0.3) is 5.91 Å². The van der Waals surface area contributed by atoms with Gasteiger partial charge in [-0.25, -0.2) is 8.42 Å². The van der Waals surface area contributed by atoms with E-state index in [2.05, 4.69) is 10.0 Å². The number of hydrogen-bond donors (Lipinski definition) is 2. The number of nitrogens with one attached hydrogen (secondary N) is 2. The predicted molar refractivity (Wildman–Crippen MR) is 116 cm³/mol. The van der Waals surface area contributed by atoms with Crippen molar-refractivity contribution in [2.75, 3.05) is 22.9 Å². The molecule has 0 saturated heterocycles. The molecule has 30 heavy (non-hydrogen) atoms. The first-order valence-electron chi connectivity index (χ1n) is 9.01. The summed E-state index contributed by atoms with van der Waals surface area (Å²) in [5.74, 6) is -0.366. The summed E-state index contributed by atoms with van der Waals surface area (Å²) in [5.41, 5.74) is 1.68. The summed E-state index contributed by atoms with van der Waals surface area (Å²) in [5, 5.41) is 2.78. The number of hydrogen-bond acceptors (Lipinski definition) is 5. The molecule has 0 aliphatic carbocycles. The fraction of sp³-hybridized carbons (Fsp3) is 0.0909. The zero-order chi connectivity index (χ0) is 21.6. The van der Waals surface area contributed by atoms with Crippen molar-refractivity contribution < 1.29 is 22.7 Å². The number of carbonyl (C=O) groups is 2. The number of amides is 1. The van der Waals surface area contributed by atoms with Gasteiger partial charge >= 0.3 is 0 Å². The van der Waals surface area contributed by atoms with Crippen LogP contribution >= 0.6 is 0 Å². The fourth-order valence-corrected chi connectivity index (χ4v) is 3.23. The molecule has 0 spiro atoms. The second-order valence-corrected chi connectivity index (χ2v) is 8.23. The number of Topliss-reactive ketones (excluding diaryl/α,β-unsaturated/α-hetero) is 1. The molecule has 154 valence electrons. The van der Waals surface area contributed by atoms with Crippen LogP contribution in [0.15, 0.2) is 78.9 Å². The van der Waals surface area contributed by atoms with Crippen LogP contribution < -0.4 is 14.8 Å². The Labute approximate surface area is 174 Å². The summed E-state index contributed by atoms with van der Waals surface area (Å²) in [6.45, 7) is -0.269. The van der Waals surface area contributed by atoms with Crippen LogP contribution in [0.25, 0.3) is 0 Å². The van der Waals surface area contributed by atoms with E-state index in [1.807, 2.05) is 18.2 Å². The SMILES string of the molecule is CS(=O)(=O)Nc1ccc(C(=O)COc2ccccc2C(=O)Nc2ccccc2)cc1. The summed E-state index contributed by atoms with van der Waals surface area (Å²) in [4.78, 5) is 25.0. The summed E-state index contributed by atoms with van der Waals surface area (Å²) < 4.78 is 30.4. The standard InChI is InChI=1S/C22H20N2O5S/c1-30(27,28)24-18-13-11-16(12-14-18)20(25)15-29-21-10-6-5-9-19(21)22(26)23-17-7-3-2-4-8-17/h2-14,24H,15H2,1H3,(H,23,26). The molecule has 0 fully saturated rings. The van der Waals surface area contributed by atoms with Gasteiger partial charge < -0.3 is 10.1 Å². The molecule has 8 heteroatoms. The maximum absolute atomic E-state index is 12.6. The molecule has 1 amide bonds. The molecule has 7 nitrogen and oxygen atoms in total. The van der Waals surface area contributed by atoms with Gasteiger partial charge in [-0.3, -0.25) is 14.3 Å². The highest BCUT2D eigenvalue weighted by Crippen LogP contribution is 2.20. The van der Waals surface area contributed by atoms with Crippen molar-refractivity contribution in [3.63, 3.8) is 0 Å². The van der Waals surface area contributed by atoms with Crippen LogP contribution in [0.3, 0.4) is 0 Å². The van der Waals surface area contributed by atoms with Gasteiger partial charge in [-0.1, -0.05) is 30.3 Å². The molecule has 0 atom stereocenters. The second kappa shape index (κ2) is 9.23. The largest absolute Gasteiger partial charge is 0.485 e. The third kappa shape index (κ3) is 5.92. The molecule has 0 saturated carbocycles. The molecule has 3 aromatic rings. The first-order chi connectivity index (χ1) is 14.3. The summed E-state index contributed by atoms with van der Waals surface area (Å²) in [6, 6.07) is 21.7. The highest BCUT2D eigenvalue weighted by atomic mass is 32.2. The lowest BCUT2D eigenvalue weighted by atomic mass is 10.1. The van der Waals surface area contributed by atoms with Gasteiger partial charge in [0.1, 0.15) is 5.75 Å². The van der Waals surface area contributed by atoms with Crippen LogP contribution in [0.5, 0.6) is 5.75 Å². The van der Waals surface area contributed by atoms with Crippen molar-refractivity contribution >= 4 is 33.1 Å². The fourth-order valence-electron chi connectivity index (χ4n) is 2.66. The average molecular weight is 424 g/mol. The van der Waals surface area contributed by atoms with Crippen LogP contribution in [0.1, 0.15) is 20.7 Å². The molecule has 0 radical (unpaired) electrons. The van der Waals surface area contributed by atoms with E-state index in [1.165, 1.54) is 24.3 Å². The van der Waals surface area contributed by atoms with Crippen LogP contribution in [0.4, 0.5) is 11.4 Å². The van der Waals surface area contributed by atoms with E-state index in [0.717, 1.165) is 6.26 Å². The van der Waals surface area contributed by atoms with Gasteiger partial charge in [0.05, 0.1) is 11.8 Å². The Morgan fingerprint density at radius 3 is 2.13 bits per heavy atom. The van der Waals surface area contributed by atoms with E-state index in [1.54, 1.807) is 36.4 Å². The van der Waals surface area contributed by atoms with Gasteiger partial charge in [0, 0.05) is 16.9 Å². The minimum absolute atomic E-state index is 0.269. The quantitative estimate of drug-likeness (QED) is 0.538. The minimum Gasteiger partial charge on any atom is -0.485 e. The van der Waals surface area contributed by atoms with Crippen LogP contribution in [0.2, 0.25) is 0 Å². The lowest BCUT2D eigenvalue weighted by Crippen LogP contribution is -2.16. The summed E-state index contributed by atoms with van der Waals surface area (Å²) in [6.07, 6.45) is 1.05. The molecule has 3 aromatic carbocycles. The summed E-state index contributed by atoms with van der Waals surface area (Å²) >= 11 is 0. The number of carbonyl (C=O) groups excluding carboxylic acids is 2. The van der Waals surface area contributed by atoms with Crippen LogP contribution in [-0.4, -0.2) is 33.0 Å². The number of anilines is 2. The van der Waals surface area contributed by atoms with Crippen molar-refractivity contribution in [1.82, 2.24) is 0 Å². The van der Waals surface area contributed by atoms with Crippen molar-refractivity contribution in [1.29, 1.82) is 0 Å². The van der Waals surface area contributed by atoms with Crippen molar-refractivity contribution in [3.8, 4) is 5.75 Å². The lowest BCUT2D eigenvalue weighted by molar-refractivity contribution is 0.0914. The molecule has 0 heterocycles. The first-order valence-corrected chi connectivity index (χ1v) is 10.9. The predicted octanol–water partition coefficient (Wildman–Crippen LogP) is 3.57. The third-order valence-corrected chi connectivity index (χ3v) is 4.64. The number of rotatable bonds is 8. The number of sulfonamides is 1. The maximum Gasteiger partial charge on any atom is 0.259 e. The Hall–Kier alpha value is -3.65. The number of ketones is 1.